The molecule has 2 rings (SSSR count). The highest BCUT2D eigenvalue weighted by molar-refractivity contribution is 9.10. The summed E-state index contributed by atoms with van der Waals surface area (Å²) in [5, 5.41) is 2.82. The molecule has 0 saturated carbocycles. The SMILES string of the molecule is Cc1ccc(Br)c(NC(=O)c2ccc(N)cc2N)c1. The van der Waals surface area contributed by atoms with Crippen LogP contribution in [-0.4, -0.2) is 5.91 Å². The molecule has 0 aliphatic heterocycles. The first-order chi connectivity index (χ1) is 8.97. The van der Waals surface area contributed by atoms with E-state index in [4.69, 9.17) is 11.5 Å². The molecule has 2 aromatic carbocycles. The molecular weight excluding hydrogens is 306 g/mol. The van der Waals surface area contributed by atoms with E-state index in [0.29, 0.717) is 22.6 Å². The molecule has 1 amide bonds. The van der Waals surface area contributed by atoms with Crippen molar-refractivity contribution < 1.29 is 4.79 Å². The van der Waals surface area contributed by atoms with E-state index in [9.17, 15) is 4.79 Å². The molecule has 0 aliphatic rings. The molecule has 98 valence electrons. The number of amides is 1. The molecule has 0 fully saturated rings. The zero-order valence-electron chi connectivity index (χ0n) is 10.4. The first kappa shape index (κ1) is 13.4. The van der Waals surface area contributed by atoms with Gasteiger partial charge in [-0.2, -0.15) is 0 Å². The summed E-state index contributed by atoms with van der Waals surface area (Å²) in [4.78, 5) is 12.2. The van der Waals surface area contributed by atoms with Crippen LogP contribution in [0.3, 0.4) is 0 Å². The predicted molar refractivity (Wildman–Crippen MR) is 82.1 cm³/mol. The van der Waals surface area contributed by atoms with Crippen molar-refractivity contribution in [2.45, 2.75) is 6.92 Å². The van der Waals surface area contributed by atoms with Crippen molar-refractivity contribution in [3.8, 4) is 0 Å². The number of nitrogen functional groups attached to an aromatic ring is 2. The Balaban J connectivity index is 2.28. The van der Waals surface area contributed by atoms with Gasteiger partial charge in [0.15, 0.2) is 0 Å². The van der Waals surface area contributed by atoms with E-state index in [1.54, 1.807) is 18.2 Å². The Labute approximate surface area is 119 Å². The first-order valence-electron chi connectivity index (χ1n) is 5.70. The standard InChI is InChI=1S/C14H14BrN3O/c1-8-2-5-11(15)13(6-8)18-14(19)10-4-3-9(16)7-12(10)17/h2-7H,16-17H2,1H3,(H,18,19). The lowest BCUT2D eigenvalue weighted by Crippen LogP contribution is -2.14. The van der Waals surface area contributed by atoms with Gasteiger partial charge in [0.2, 0.25) is 0 Å². The van der Waals surface area contributed by atoms with E-state index in [1.807, 2.05) is 25.1 Å². The second kappa shape index (κ2) is 5.32. The summed E-state index contributed by atoms with van der Waals surface area (Å²) in [6.45, 7) is 1.96. The molecule has 5 N–H and O–H groups in total. The third-order valence-electron chi connectivity index (χ3n) is 2.69. The minimum Gasteiger partial charge on any atom is -0.399 e. The summed E-state index contributed by atoms with van der Waals surface area (Å²) in [6.07, 6.45) is 0. The Morgan fingerprint density at radius 1 is 1.16 bits per heavy atom. The smallest absolute Gasteiger partial charge is 0.257 e. The number of carbonyl (C=O) groups excluding carboxylic acids is 1. The van der Waals surface area contributed by atoms with Crippen molar-refractivity contribution in [2.24, 2.45) is 0 Å². The number of hydrogen-bond acceptors (Lipinski definition) is 3. The van der Waals surface area contributed by atoms with Gasteiger partial charge in [0.25, 0.3) is 5.91 Å². The van der Waals surface area contributed by atoms with Crippen molar-refractivity contribution >= 4 is 38.9 Å². The molecule has 0 spiro atoms. The van der Waals surface area contributed by atoms with Crippen LogP contribution in [0, 0.1) is 6.92 Å². The molecule has 0 aliphatic carbocycles. The fourth-order valence-corrected chi connectivity index (χ4v) is 2.06. The molecule has 4 nitrogen and oxygen atoms in total. The van der Waals surface area contributed by atoms with E-state index in [-0.39, 0.29) is 5.91 Å². The average Bonchev–Trinajstić information content (AvgIpc) is 2.33. The number of halogens is 1. The zero-order valence-corrected chi connectivity index (χ0v) is 12.0. The van der Waals surface area contributed by atoms with Crippen molar-refractivity contribution in [2.75, 3.05) is 16.8 Å². The summed E-state index contributed by atoms with van der Waals surface area (Å²) >= 11 is 3.40. The molecular formula is C14H14BrN3O. The van der Waals surface area contributed by atoms with Crippen LogP contribution in [0.5, 0.6) is 0 Å². The highest BCUT2D eigenvalue weighted by Gasteiger charge is 2.11. The van der Waals surface area contributed by atoms with Gasteiger partial charge in [-0.05, 0) is 58.7 Å². The Hall–Kier alpha value is -2.01. The molecule has 0 aromatic heterocycles. The first-order valence-corrected chi connectivity index (χ1v) is 6.49. The molecule has 0 radical (unpaired) electrons. The molecule has 19 heavy (non-hydrogen) atoms. The number of hydrogen-bond donors (Lipinski definition) is 3. The van der Waals surface area contributed by atoms with Gasteiger partial charge in [-0.1, -0.05) is 6.07 Å². The molecule has 0 bridgehead atoms. The van der Waals surface area contributed by atoms with Gasteiger partial charge < -0.3 is 16.8 Å². The maximum absolute atomic E-state index is 12.2. The second-order valence-corrected chi connectivity index (χ2v) is 5.14. The monoisotopic (exact) mass is 319 g/mol. The second-order valence-electron chi connectivity index (χ2n) is 4.28. The summed E-state index contributed by atoms with van der Waals surface area (Å²) in [6, 6.07) is 10.6. The van der Waals surface area contributed by atoms with E-state index in [2.05, 4.69) is 21.2 Å². The third-order valence-corrected chi connectivity index (χ3v) is 3.38. The summed E-state index contributed by atoms with van der Waals surface area (Å²) in [5.41, 5.74) is 14.5. The van der Waals surface area contributed by atoms with E-state index >= 15 is 0 Å². The lowest BCUT2D eigenvalue weighted by Gasteiger charge is -2.10. The van der Waals surface area contributed by atoms with Gasteiger partial charge in [-0.15, -0.1) is 0 Å². The molecule has 0 atom stereocenters. The Bertz CT molecular complexity index is 641. The Kier molecular flexibility index (Phi) is 3.76. The number of benzene rings is 2. The van der Waals surface area contributed by atoms with Crippen molar-refractivity contribution in [1.29, 1.82) is 0 Å². The number of aryl methyl sites for hydroxylation is 1. The molecule has 0 saturated heterocycles. The summed E-state index contributed by atoms with van der Waals surface area (Å²) < 4.78 is 0.820. The van der Waals surface area contributed by atoms with Gasteiger partial charge in [0.1, 0.15) is 0 Å². The fraction of sp³-hybridized carbons (Fsp3) is 0.0714. The van der Waals surface area contributed by atoms with Crippen LogP contribution in [-0.2, 0) is 0 Å². The largest absolute Gasteiger partial charge is 0.399 e. The number of carbonyl (C=O) groups is 1. The molecule has 0 unspecified atom stereocenters. The van der Waals surface area contributed by atoms with Gasteiger partial charge >= 0.3 is 0 Å². The summed E-state index contributed by atoms with van der Waals surface area (Å²) in [5.74, 6) is -0.260. The van der Waals surface area contributed by atoms with Crippen LogP contribution in [0.25, 0.3) is 0 Å². The fourth-order valence-electron chi connectivity index (χ4n) is 1.71. The number of rotatable bonds is 2. The zero-order chi connectivity index (χ0) is 14.0. The third kappa shape index (κ3) is 3.06. The maximum Gasteiger partial charge on any atom is 0.257 e. The lowest BCUT2D eigenvalue weighted by atomic mass is 10.1. The average molecular weight is 320 g/mol. The van der Waals surface area contributed by atoms with Crippen LogP contribution < -0.4 is 16.8 Å². The highest BCUT2D eigenvalue weighted by Crippen LogP contribution is 2.25. The Morgan fingerprint density at radius 2 is 1.89 bits per heavy atom. The topological polar surface area (TPSA) is 81.1 Å². The van der Waals surface area contributed by atoms with Crippen LogP contribution >= 0.6 is 15.9 Å². The van der Waals surface area contributed by atoms with Crippen LogP contribution in [0.2, 0.25) is 0 Å². The molecule has 2 aromatic rings. The van der Waals surface area contributed by atoms with Crippen molar-refractivity contribution in [1.82, 2.24) is 0 Å². The molecule has 0 heterocycles. The molecule has 5 heteroatoms. The van der Waals surface area contributed by atoms with Gasteiger partial charge in [0.05, 0.1) is 11.3 Å². The van der Waals surface area contributed by atoms with Crippen LogP contribution in [0.4, 0.5) is 17.1 Å². The van der Waals surface area contributed by atoms with Crippen molar-refractivity contribution in [3.05, 3.63) is 52.0 Å². The minimum atomic E-state index is -0.260. The van der Waals surface area contributed by atoms with Crippen LogP contribution in [0.15, 0.2) is 40.9 Å². The van der Waals surface area contributed by atoms with Crippen molar-refractivity contribution in [3.63, 3.8) is 0 Å². The van der Waals surface area contributed by atoms with Gasteiger partial charge in [0, 0.05) is 15.8 Å². The number of nitrogens with two attached hydrogens (primary N) is 2. The lowest BCUT2D eigenvalue weighted by molar-refractivity contribution is 0.102. The van der Waals surface area contributed by atoms with E-state index in [0.717, 1.165) is 10.0 Å². The minimum absolute atomic E-state index is 0.260. The van der Waals surface area contributed by atoms with Gasteiger partial charge in [-0.3, -0.25) is 4.79 Å². The van der Waals surface area contributed by atoms with Gasteiger partial charge in [-0.25, -0.2) is 0 Å². The Morgan fingerprint density at radius 3 is 2.58 bits per heavy atom. The normalized spacial score (nSPS) is 10.2. The maximum atomic E-state index is 12.2. The quantitative estimate of drug-likeness (QED) is 0.743. The summed E-state index contributed by atoms with van der Waals surface area (Å²) in [7, 11) is 0. The van der Waals surface area contributed by atoms with Crippen LogP contribution in [0.1, 0.15) is 15.9 Å². The predicted octanol–water partition coefficient (Wildman–Crippen LogP) is 3.17. The number of anilines is 3. The van der Waals surface area contributed by atoms with E-state index < -0.39 is 0 Å². The highest BCUT2D eigenvalue weighted by atomic mass is 79.9. The number of nitrogens with one attached hydrogen (secondary N) is 1. The van der Waals surface area contributed by atoms with E-state index in [1.165, 1.54) is 0 Å².